The summed E-state index contributed by atoms with van der Waals surface area (Å²) in [6, 6.07) is 177. The maximum absolute atomic E-state index is 2.46. The van der Waals surface area contributed by atoms with Crippen molar-refractivity contribution in [1.82, 2.24) is 0 Å². The molecule has 26 aromatic rings. The van der Waals surface area contributed by atoms with Crippen LogP contribution in [0.5, 0.6) is 0 Å². The predicted octanol–water partition coefficient (Wildman–Crippen LogP) is 40.9. The monoisotopic (exact) mass is 1890 g/mol. The van der Waals surface area contributed by atoms with Crippen LogP contribution in [0.3, 0.4) is 0 Å². The van der Waals surface area contributed by atoms with Crippen molar-refractivity contribution in [2.45, 2.75) is 77.0 Å². The molecular weight excluding hydrogens is 1790 g/mol. The van der Waals surface area contributed by atoms with Crippen LogP contribution in [-0.4, -0.2) is 0 Å². The predicted molar refractivity (Wildman–Crippen MR) is 629 cm³/mol. The van der Waals surface area contributed by atoms with Crippen LogP contribution < -0.4 is 0 Å². The number of hydrogen-bond acceptors (Lipinski definition) is 2. The minimum atomic E-state index is -0.131. The largest absolute Gasteiger partial charge is 0.135 e. The molecule has 4 aliphatic carbocycles. The van der Waals surface area contributed by atoms with Crippen LogP contribution in [0.2, 0.25) is 0 Å². The van der Waals surface area contributed by atoms with E-state index < -0.39 is 0 Å². The van der Waals surface area contributed by atoms with Crippen molar-refractivity contribution in [3.05, 3.63) is 518 Å². The van der Waals surface area contributed by atoms with Crippen LogP contribution in [0.25, 0.3) is 250 Å². The minimum absolute atomic E-state index is 0.0699. The summed E-state index contributed by atoms with van der Waals surface area (Å²) < 4.78 is 5.34. The van der Waals surface area contributed by atoms with Gasteiger partial charge in [0.1, 0.15) is 0 Å². The fraction of sp³-hybridized carbons (Fsp3) is 0.0833. The first-order chi connectivity index (χ1) is 71.5. The van der Waals surface area contributed by atoms with Gasteiger partial charge in [-0.05, 0) is 285 Å². The van der Waals surface area contributed by atoms with Crippen LogP contribution in [-0.2, 0) is 21.7 Å². The molecule has 30 rings (SSSR count). The molecule has 0 N–H and O–H groups in total. The van der Waals surface area contributed by atoms with E-state index in [0.717, 1.165) is 0 Å². The molecule has 2 heteroatoms. The number of benzene rings is 24. The molecule has 0 amide bonds. The fourth-order valence-corrected chi connectivity index (χ4v) is 28.9. The van der Waals surface area contributed by atoms with Crippen LogP contribution in [0.1, 0.15) is 99.9 Å². The molecule has 0 bridgehead atoms. The smallest absolute Gasteiger partial charge is 0.0434 e. The van der Waals surface area contributed by atoms with Gasteiger partial charge in [0, 0.05) is 67.6 Å². The van der Waals surface area contributed by atoms with Gasteiger partial charge in [0.15, 0.2) is 0 Å². The van der Waals surface area contributed by atoms with Gasteiger partial charge in [0.25, 0.3) is 0 Å². The molecule has 4 aliphatic rings. The Balaban J connectivity index is 0.000000106. The molecule has 2 heterocycles. The zero-order valence-corrected chi connectivity index (χ0v) is 84.5. The number of thiophene rings is 2. The van der Waals surface area contributed by atoms with Gasteiger partial charge in [-0.2, -0.15) is 0 Å². The quantitative estimate of drug-likeness (QED) is 0.126. The van der Waals surface area contributed by atoms with Crippen molar-refractivity contribution in [3.63, 3.8) is 0 Å². The van der Waals surface area contributed by atoms with E-state index in [2.05, 4.69) is 529 Å². The molecule has 0 atom stereocenters. The second kappa shape index (κ2) is 33.4. The Morgan fingerprint density at radius 1 is 0.137 bits per heavy atom. The maximum atomic E-state index is 2.46. The molecule has 2 aromatic heterocycles. The average molecular weight is 1900 g/mol. The van der Waals surface area contributed by atoms with Gasteiger partial charge in [-0.1, -0.05) is 492 Å². The molecule has 0 radical (unpaired) electrons. The maximum Gasteiger partial charge on any atom is 0.0434 e. The van der Waals surface area contributed by atoms with E-state index in [1.54, 1.807) is 0 Å². The lowest BCUT2D eigenvalue weighted by molar-refractivity contribution is 0.660. The first-order valence-corrected chi connectivity index (χ1v) is 53.1. The lowest BCUT2D eigenvalue weighted by Gasteiger charge is -2.27. The van der Waals surface area contributed by atoms with Gasteiger partial charge in [0.05, 0.1) is 0 Å². The summed E-state index contributed by atoms with van der Waals surface area (Å²) in [6.07, 6.45) is 0. The highest BCUT2D eigenvalue weighted by Gasteiger charge is 2.43. The highest BCUT2D eigenvalue weighted by molar-refractivity contribution is 7.26. The van der Waals surface area contributed by atoms with Crippen LogP contribution in [0, 0.1) is 0 Å². The molecule has 0 unspecified atom stereocenters. The minimum Gasteiger partial charge on any atom is -0.135 e. The highest BCUT2D eigenvalue weighted by atomic mass is 32.1. The van der Waals surface area contributed by atoms with E-state index in [1.165, 1.54) is 294 Å². The number of hydrogen-bond donors (Lipinski definition) is 0. The lowest BCUT2D eigenvalue weighted by atomic mass is 9.76. The fourth-order valence-electron chi connectivity index (χ4n) is 26.6. The van der Waals surface area contributed by atoms with Gasteiger partial charge >= 0.3 is 0 Å². The SMILES string of the molecule is CC1(C)c2ccccc2-c2c(-c3c4ccccc4c(-c4cccc5c4C(C)(C)c4ccccc4-5)c4ccc(-c5ccccc5)cc34)cccc21.CC1(C)c2ccccc2-c2c(-c3c4ccccc4c(-c4cccc5c4sc4ccccc45)c4ccc(-c5ccccc5)cc34)cccc21.CC1(C)c2ccccc2-c2c(-c3c4ccccc4c(-c4cccc5sc6ccccc6c45)c4ccc(-c5ccccc5)cc34)cccc21. The lowest BCUT2D eigenvalue weighted by Crippen LogP contribution is -2.16. The summed E-state index contributed by atoms with van der Waals surface area (Å²) in [5.74, 6) is 0. The van der Waals surface area contributed by atoms with Crippen LogP contribution in [0.15, 0.2) is 473 Å². The van der Waals surface area contributed by atoms with E-state index >= 15 is 0 Å². The Bertz CT molecular complexity index is 9980. The van der Waals surface area contributed by atoms with E-state index in [9.17, 15) is 0 Å². The second-order valence-corrected chi connectivity index (χ2v) is 44.6. The van der Waals surface area contributed by atoms with Crippen molar-refractivity contribution < 1.29 is 0 Å². The third-order valence-electron chi connectivity index (χ3n) is 33.2. The molecule has 0 saturated carbocycles. The molecule has 0 saturated heterocycles. The molecule has 24 aromatic carbocycles. The normalized spacial score (nSPS) is 13.8. The van der Waals surface area contributed by atoms with Gasteiger partial charge in [-0.15, -0.1) is 22.7 Å². The molecule has 690 valence electrons. The Hall–Kier alpha value is -16.7. The third kappa shape index (κ3) is 13.1. The third-order valence-corrected chi connectivity index (χ3v) is 35.6. The van der Waals surface area contributed by atoms with E-state index in [4.69, 9.17) is 0 Å². The second-order valence-electron chi connectivity index (χ2n) is 42.4. The average Bonchev–Trinajstić information content (AvgIpc) is 1.28. The molecular formula is C144H102S2. The highest BCUT2D eigenvalue weighted by Crippen LogP contribution is 2.63. The summed E-state index contributed by atoms with van der Waals surface area (Å²) in [4.78, 5) is 0. The summed E-state index contributed by atoms with van der Waals surface area (Å²) in [5, 5.41) is 20.8. The Labute approximate surface area is 860 Å². The van der Waals surface area contributed by atoms with Crippen molar-refractivity contribution in [2.75, 3.05) is 0 Å². The zero-order valence-electron chi connectivity index (χ0n) is 82.8. The standard InChI is InChI=1S/C50H38.2C47H32S/c1-49(2)43-26-13-11-21-38(43)47-39(23-15-27-44(47)49)46-35-20-9-8-19-34(35)45(36-29-28-32(30-41(36)46)31-16-6-5-7-17-31)40-24-14-22-37-33-18-10-12-25-42(33)50(3,4)48(37)40;1-47(2)40-23-10-8-19-36(40)45-37(21-13-24-41(45)47)44-33-18-7-6-17-32(33)43(34-27-26-30(28-39(34)44)29-14-4-3-5-15-29)38-22-12-20-35-31-16-9-11-25-42(31)48-46(35)38;1-47(2)39-22-10-8-18-34(39)45-36(20-12-23-40(45)47)44-32-17-7-6-16-31(32)43(33-27-26-30(28-38(33)44)29-14-4-3-5-15-29)37-21-13-25-42-46(37)35-19-9-11-24-41(35)48-42/h5-30H,1-4H3;2*3-28H,1-2H3. The van der Waals surface area contributed by atoms with Crippen molar-refractivity contribution >= 4 is 128 Å². The Morgan fingerprint density at radius 3 is 0.822 bits per heavy atom. The van der Waals surface area contributed by atoms with Crippen molar-refractivity contribution in [3.8, 4) is 145 Å². The van der Waals surface area contributed by atoms with Crippen LogP contribution in [0.4, 0.5) is 0 Å². The summed E-state index contributed by atoms with van der Waals surface area (Å²) in [5.41, 5.74) is 44.9. The Morgan fingerprint density at radius 2 is 0.397 bits per heavy atom. The summed E-state index contributed by atoms with van der Waals surface area (Å²) in [6.45, 7) is 19.1. The first-order valence-electron chi connectivity index (χ1n) is 51.4. The zero-order chi connectivity index (χ0) is 97.7. The molecule has 0 nitrogen and oxygen atoms in total. The number of rotatable bonds is 9. The van der Waals surface area contributed by atoms with E-state index in [1.807, 2.05) is 22.7 Å². The molecule has 0 aliphatic heterocycles. The summed E-state index contributed by atoms with van der Waals surface area (Å²) in [7, 11) is 0. The van der Waals surface area contributed by atoms with Gasteiger partial charge in [-0.3, -0.25) is 0 Å². The number of fused-ring (bicyclic) bond motifs is 24. The first kappa shape index (κ1) is 87.1. The Kier molecular flexibility index (Phi) is 20.0. The van der Waals surface area contributed by atoms with Crippen molar-refractivity contribution in [1.29, 1.82) is 0 Å². The molecule has 0 fully saturated rings. The summed E-state index contributed by atoms with van der Waals surface area (Å²) >= 11 is 3.80. The molecule has 0 spiro atoms. The van der Waals surface area contributed by atoms with Crippen LogP contribution >= 0.6 is 22.7 Å². The molecule has 146 heavy (non-hydrogen) atoms. The van der Waals surface area contributed by atoms with Gasteiger partial charge < -0.3 is 0 Å². The van der Waals surface area contributed by atoms with Gasteiger partial charge in [0.2, 0.25) is 0 Å². The topological polar surface area (TPSA) is 0 Å². The van der Waals surface area contributed by atoms with E-state index in [-0.39, 0.29) is 21.7 Å². The van der Waals surface area contributed by atoms with Crippen molar-refractivity contribution in [2.24, 2.45) is 0 Å². The van der Waals surface area contributed by atoms with E-state index in [0.29, 0.717) is 0 Å². The van der Waals surface area contributed by atoms with Gasteiger partial charge in [-0.25, -0.2) is 0 Å².